The summed E-state index contributed by atoms with van der Waals surface area (Å²) >= 11 is 1.63. The Hall–Kier alpha value is -0.850. The lowest BCUT2D eigenvalue weighted by Crippen LogP contribution is -2.53. The van der Waals surface area contributed by atoms with Gasteiger partial charge in [-0.05, 0) is 57.0 Å². The molecule has 1 aromatic carbocycles. The van der Waals surface area contributed by atoms with Crippen LogP contribution >= 0.6 is 36.2 Å². The van der Waals surface area contributed by atoms with Gasteiger partial charge in [0.25, 0.3) is 0 Å². The number of unbranched alkanes of at least 4 members (excludes halogenated alkanes) is 1. The Balaban J connectivity index is 0.00000182. The summed E-state index contributed by atoms with van der Waals surface area (Å²) in [5.74, 6) is -0.158. The molecular formula is C20H30Cl2FN3S. The van der Waals surface area contributed by atoms with Gasteiger partial charge in [-0.1, -0.05) is 6.08 Å². The SMILES string of the molecule is C=CCCC1CN(c2csc3cc(F)ccc23)CCN1CCCCN.Cl.Cl. The molecule has 3 rings (SSSR count). The number of nitrogens with two attached hydrogens (primary N) is 1. The number of fused-ring (bicyclic) bond motifs is 1. The van der Waals surface area contributed by atoms with Crippen LogP contribution in [0, 0.1) is 5.82 Å². The molecule has 0 amide bonds. The highest BCUT2D eigenvalue weighted by Crippen LogP contribution is 2.35. The van der Waals surface area contributed by atoms with Crippen molar-refractivity contribution in [2.75, 3.05) is 37.6 Å². The first-order valence-electron chi connectivity index (χ1n) is 9.19. The van der Waals surface area contributed by atoms with Gasteiger partial charge >= 0.3 is 0 Å². The average Bonchev–Trinajstić information content (AvgIpc) is 3.03. The predicted octanol–water partition coefficient (Wildman–Crippen LogP) is 5.08. The van der Waals surface area contributed by atoms with Crippen LogP contribution < -0.4 is 10.6 Å². The highest BCUT2D eigenvalue weighted by atomic mass is 35.5. The maximum absolute atomic E-state index is 13.5. The third kappa shape index (κ3) is 6.06. The third-order valence-electron chi connectivity index (χ3n) is 5.07. The van der Waals surface area contributed by atoms with Gasteiger partial charge in [0.15, 0.2) is 0 Å². The van der Waals surface area contributed by atoms with Gasteiger partial charge in [0.1, 0.15) is 5.82 Å². The van der Waals surface area contributed by atoms with Crippen LogP contribution in [0.5, 0.6) is 0 Å². The number of hydrogen-bond donors (Lipinski definition) is 1. The van der Waals surface area contributed by atoms with Gasteiger partial charge in [-0.3, -0.25) is 4.90 Å². The Morgan fingerprint density at radius 3 is 2.81 bits per heavy atom. The fourth-order valence-corrected chi connectivity index (χ4v) is 4.68. The fraction of sp³-hybridized carbons (Fsp3) is 0.500. The largest absolute Gasteiger partial charge is 0.368 e. The highest BCUT2D eigenvalue weighted by molar-refractivity contribution is 7.17. The van der Waals surface area contributed by atoms with E-state index in [0.29, 0.717) is 6.04 Å². The summed E-state index contributed by atoms with van der Waals surface area (Å²) in [6.45, 7) is 8.91. The molecule has 1 atom stereocenters. The molecule has 3 nitrogen and oxygen atoms in total. The second-order valence-corrected chi connectivity index (χ2v) is 7.67. The second kappa shape index (κ2) is 11.9. The number of hydrogen-bond acceptors (Lipinski definition) is 4. The maximum atomic E-state index is 13.5. The number of anilines is 1. The number of thiophene rings is 1. The topological polar surface area (TPSA) is 32.5 Å². The molecule has 1 saturated heterocycles. The lowest BCUT2D eigenvalue weighted by atomic mass is 10.0. The van der Waals surface area contributed by atoms with E-state index in [4.69, 9.17) is 5.73 Å². The standard InChI is InChI=1S/C20H28FN3S.2ClH/c1-2-3-6-17-14-24(12-11-23(17)10-5-4-9-22)19-15-25-20-13-16(21)7-8-18(19)20;;/h2,7-8,13,15,17H,1,3-6,9-12,14,22H2;2*1H. The van der Waals surface area contributed by atoms with Crippen molar-refractivity contribution in [2.24, 2.45) is 5.73 Å². The second-order valence-electron chi connectivity index (χ2n) is 6.76. The minimum atomic E-state index is -0.158. The van der Waals surface area contributed by atoms with Crippen molar-refractivity contribution in [3.05, 3.63) is 42.1 Å². The summed E-state index contributed by atoms with van der Waals surface area (Å²) in [4.78, 5) is 5.09. The van der Waals surface area contributed by atoms with E-state index in [-0.39, 0.29) is 30.6 Å². The van der Waals surface area contributed by atoms with E-state index in [1.54, 1.807) is 23.5 Å². The van der Waals surface area contributed by atoms with Gasteiger partial charge in [0, 0.05) is 41.1 Å². The summed E-state index contributed by atoms with van der Waals surface area (Å²) in [5.41, 5.74) is 6.90. The molecule has 1 aliphatic heterocycles. The quantitative estimate of drug-likeness (QED) is 0.465. The van der Waals surface area contributed by atoms with Crippen molar-refractivity contribution in [2.45, 2.75) is 31.7 Å². The summed E-state index contributed by atoms with van der Waals surface area (Å²) in [6, 6.07) is 5.67. The van der Waals surface area contributed by atoms with Gasteiger partial charge in [-0.2, -0.15) is 0 Å². The molecule has 0 aliphatic carbocycles. The molecule has 0 saturated carbocycles. The lowest BCUT2D eigenvalue weighted by molar-refractivity contribution is 0.166. The Morgan fingerprint density at radius 1 is 1.26 bits per heavy atom. The van der Waals surface area contributed by atoms with Gasteiger partial charge in [0.2, 0.25) is 0 Å². The van der Waals surface area contributed by atoms with Crippen molar-refractivity contribution >= 4 is 51.9 Å². The highest BCUT2D eigenvalue weighted by Gasteiger charge is 2.27. The number of halogens is 3. The first-order valence-corrected chi connectivity index (χ1v) is 10.1. The van der Waals surface area contributed by atoms with Crippen LogP contribution in [0.2, 0.25) is 0 Å². The zero-order valence-corrected chi connectivity index (χ0v) is 18.1. The molecule has 1 aliphatic rings. The van der Waals surface area contributed by atoms with E-state index >= 15 is 0 Å². The maximum Gasteiger partial charge on any atom is 0.124 e. The van der Waals surface area contributed by atoms with Crippen molar-refractivity contribution in [1.82, 2.24) is 4.90 Å². The molecule has 0 spiro atoms. The van der Waals surface area contributed by atoms with E-state index in [0.717, 1.165) is 56.7 Å². The van der Waals surface area contributed by atoms with Crippen LogP contribution in [0.15, 0.2) is 36.2 Å². The number of allylic oxidation sites excluding steroid dienone is 1. The van der Waals surface area contributed by atoms with Gasteiger partial charge in [-0.15, -0.1) is 42.7 Å². The molecule has 2 N–H and O–H groups in total. The first kappa shape index (κ1) is 24.2. The predicted molar refractivity (Wildman–Crippen MR) is 122 cm³/mol. The van der Waals surface area contributed by atoms with Gasteiger partial charge < -0.3 is 10.6 Å². The van der Waals surface area contributed by atoms with E-state index in [2.05, 4.69) is 21.8 Å². The van der Waals surface area contributed by atoms with E-state index in [1.807, 2.05) is 12.1 Å². The summed E-state index contributed by atoms with van der Waals surface area (Å²) in [7, 11) is 0. The molecule has 2 aromatic rings. The zero-order chi connectivity index (χ0) is 17.6. The fourth-order valence-electron chi connectivity index (χ4n) is 3.68. The Labute approximate surface area is 178 Å². The number of rotatable bonds is 8. The first-order chi connectivity index (χ1) is 12.2. The summed E-state index contributed by atoms with van der Waals surface area (Å²) in [6.07, 6.45) is 6.46. The molecule has 1 fully saturated rings. The molecule has 0 bridgehead atoms. The third-order valence-corrected chi connectivity index (χ3v) is 6.00. The van der Waals surface area contributed by atoms with Crippen LogP contribution in [-0.4, -0.2) is 43.7 Å². The molecule has 2 heterocycles. The molecule has 7 heteroatoms. The van der Waals surface area contributed by atoms with Crippen LogP contribution in [0.4, 0.5) is 10.1 Å². The minimum Gasteiger partial charge on any atom is -0.368 e. The molecule has 152 valence electrons. The molecule has 1 aromatic heterocycles. The molecular weight excluding hydrogens is 404 g/mol. The molecule has 0 radical (unpaired) electrons. The number of piperazine rings is 1. The van der Waals surface area contributed by atoms with Crippen molar-refractivity contribution in [3.8, 4) is 0 Å². The van der Waals surface area contributed by atoms with Crippen LogP contribution in [0.25, 0.3) is 10.1 Å². The molecule has 1 unspecified atom stereocenters. The monoisotopic (exact) mass is 433 g/mol. The summed E-state index contributed by atoms with van der Waals surface area (Å²) in [5, 5.41) is 3.35. The minimum absolute atomic E-state index is 0. The van der Waals surface area contributed by atoms with Crippen molar-refractivity contribution < 1.29 is 4.39 Å². The van der Waals surface area contributed by atoms with Crippen LogP contribution in [-0.2, 0) is 0 Å². The van der Waals surface area contributed by atoms with Gasteiger partial charge in [0.05, 0.1) is 5.69 Å². The van der Waals surface area contributed by atoms with Crippen molar-refractivity contribution in [1.29, 1.82) is 0 Å². The Bertz CT molecular complexity index is 710. The Kier molecular flexibility index (Phi) is 10.6. The van der Waals surface area contributed by atoms with E-state index in [1.165, 1.54) is 17.5 Å². The number of nitrogens with zero attached hydrogens (tertiary/aromatic N) is 2. The average molecular weight is 434 g/mol. The van der Waals surface area contributed by atoms with E-state index < -0.39 is 0 Å². The Morgan fingerprint density at radius 2 is 2.07 bits per heavy atom. The smallest absolute Gasteiger partial charge is 0.124 e. The normalized spacial score (nSPS) is 17.4. The zero-order valence-electron chi connectivity index (χ0n) is 15.6. The van der Waals surface area contributed by atoms with E-state index in [9.17, 15) is 4.39 Å². The lowest BCUT2D eigenvalue weighted by Gasteiger charge is -2.42. The van der Waals surface area contributed by atoms with Gasteiger partial charge in [-0.25, -0.2) is 4.39 Å². The van der Waals surface area contributed by atoms with Crippen LogP contribution in [0.1, 0.15) is 25.7 Å². The number of benzene rings is 1. The summed E-state index contributed by atoms with van der Waals surface area (Å²) < 4.78 is 14.5. The molecule has 27 heavy (non-hydrogen) atoms. The van der Waals surface area contributed by atoms with Crippen LogP contribution in [0.3, 0.4) is 0 Å². The van der Waals surface area contributed by atoms with Crippen molar-refractivity contribution in [3.63, 3.8) is 0 Å².